The van der Waals surface area contributed by atoms with Crippen LogP contribution in [0.25, 0.3) is 11.3 Å². The van der Waals surface area contributed by atoms with Gasteiger partial charge in [-0.05, 0) is 30.7 Å². The molecule has 0 amide bonds. The fourth-order valence-electron chi connectivity index (χ4n) is 2.43. The molecule has 2 heterocycles. The molecule has 0 saturated heterocycles. The Balaban J connectivity index is 0.00000243. The number of halogens is 1. The highest BCUT2D eigenvalue weighted by atomic mass is 35.5. The van der Waals surface area contributed by atoms with Gasteiger partial charge in [-0.25, -0.2) is 4.98 Å². The predicted octanol–water partition coefficient (Wildman–Crippen LogP) is 3.99. The zero-order chi connectivity index (χ0) is 17.5. The molecular weight excluding hydrogens is 352 g/mol. The number of aliphatic hydroxyl groups is 1. The number of hydrogen-bond donors (Lipinski definition) is 2. The van der Waals surface area contributed by atoms with Crippen molar-refractivity contribution in [3.05, 3.63) is 72.1 Å². The summed E-state index contributed by atoms with van der Waals surface area (Å²) in [5, 5.41) is 12.8. The second-order valence-corrected chi connectivity index (χ2v) is 5.76. The lowest BCUT2D eigenvalue weighted by molar-refractivity contribution is 0.199. The highest BCUT2D eigenvalue weighted by Crippen LogP contribution is 2.24. The third-order valence-corrected chi connectivity index (χ3v) is 3.81. The first-order valence-corrected chi connectivity index (χ1v) is 8.34. The Bertz CT molecular complexity index is 773. The summed E-state index contributed by atoms with van der Waals surface area (Å²) in [6, 6.07) is 17.2. The Morgan fingerprint density at radius 2 is 1.92 bits per heavy atom. The van der Waals surface area contributed by atoms with Crippen LogP contribution in [-0.2, 0) is 6.54 Å². The molecule has 3 rings (SSSR count). The molecule has 138 valence electrons. The first-order valence-electron chi connectivity index (χ1n) is 8.34. The summed E-state index contributed by atoms with van der Waals surface area (Å²) >= 11 is 0. The van der Waals surface area contributed by atoms with E-state index in [9.17, 15) is 5.11 Å². The van der Waals surface area contributed by atoms with Gasteiger partial charge in [-0.1, -0.05) is 30.3 Å². The Labute approximate surface area is 159 Å². The number of nitrogens with zero attached hydrogens (tertiary/aromatic N) is 1. The second kappa shape index (κ2) is 9.97. The van der Waals surface area contributed by atoms with E-state index in [4.69, 9.17) is 9.15 Å². The van der Waals surface area contributed by atoms with Gasteiger partial charge in [0, 0.05) is 24.4 Å². The van der Waals surface area contributed by atoms with Gasteiger partial charge in [0.05, 0.1) is 12.6 Å². The number of ether oxygens (including phenoxy) is 1. The molecule has 2 N–H and O–H groups in total. The number of hydrogen-bond acceptors (Lipinski definition) is 5. The second-order valence-electron chi connectivity index (χ2n) is 5.76. The van der Waals surface area contributed by atoms with Gasteiger partial charge in [-0.2, -0.15) is 0 Å². The number of aliphatic hydroxyl groups excluding tert-OH is 1. The minimum atomic E-state index is -0.460. The van der Waals surface area contributed by atoms with Crippen molar-refractivity contribution in [2.45, 2.75) is 19.6 Å². The zero-order valence-electron chi connectivity index (χ0n) is 14.6. The molecule has 2 aromatic heterocycles. The normalized spacial score (nSPS) is 11.6. The van der Waals surface area contributed by atoms with Crippen LogP contribution in [0, 0.1) is 0 Å². The van der Waals surface area contributed by atoms with Crippen LogP contribution in [0.2, 0.25) is 0 Å². The number of aromatic nitrogens is 1. The number of pyridine rings is 1. The van der Waals surface area contributed by atoms with Crippen LogP contribution in [0.4, 0.5) is 0 Å². The molecule has 6 heteroatoms. The lowest BCUT2D eigenvalue weighted by atomic mass is 10.1. The molecule has 1 unspecified atom stereocenters. The van der Waals surface area contributed by atoms with E-state index in [0.29, 0.717) is 25.6 Å². The zero-order valence-corrected chi connectivity index (χ0v) is 15.4. The van der Waals surface area contributed by atoms with Gasteiger partial charge in [0.1, 0.15) is 18.1 Å². The maximum Gasteiger partial charge on any atom is 0.213 e. The third kappa shape index (κ3) is 5.59. The Kier molecular flexibility index (Phi) is 7.66. The van der Waals surface area contributed by atoms with Crippen LogP contribution in [0.3, 0.4) is 0 Å². The van der Waals surface area contributed by atoms with Crippen LogP contribution in [0.5, 0.6) is 5.88 Å². The summed E-state index contributed by atoms with van der Waals surface area (Å²) < 4.78 is 11.4. The van der Waals surface area contributed by atoms with Crippen LogP contribution in [-0.4, -0.2) is 23.2 Å². The van der Waals surface area contributed by atoms with Gasteiger partial charge in [0.15, 0.2) is 0 Å². The van der Waals surface area contributed by atoms with Crippen molar-refractivity contribution >= 4 is 12.4 Å². The molecular formula is C20H23ClN2O3. The number of furan rings is 1. The Hall–Kier alpha value is -2.34. The average molecular weight is 375 g/mol. The van der Waals surface area contributed by atoms with E-state index in [1.165, 1.54) is 0 Å². The van der Waals surface area contributed by atoms with E-state index >= 15 is 0 Å². The minimum absolute atomic E-state index is 0. The molecule has 3 aromatic rings. The van der Waals surface area contributed by atoms with Crippen molar-refractivity contribution < 1.29 is 14.3 Å². The average Bonchev–Trinajstić information content (AvgIpc) is 3.11. The molecule has 0 fully saturated rings. The summed E-state index contributed by atoms with van der Waals surface area (Å²) in [6.07, 6.45) is 1.25. The molecule has 0 radical (unpaired) electrons. The van der Waals surface area contributed by atoms with Crippen molar-refractivity contribution in [2.24, 2.45) is 0 Å². The molecule has 0 aliphatic carbocycles. The Morgan fingerprint density at radius 1 is 1.12 bits per heavy atom. The quantitative estimate of drug-likeness (QED) is 0.583. The van der Waals surface area contributed by atoms with Crippen molar-refractivity contribution in [1.29, 1.82) is 0 Å². The maximum atomic E-state index is 9.56. The highest BCUT2D eigenvalue weighted by molar-refractivity contribution is 5.85. The predicted molar refractivity (Wildman–Crippen MR) is 103 cm³/mol. The summed E-state index contributed by atoms with van der Waals surface area (Å²) in [7, 11) is 0. The van der Waals surface area contributed by atoms with Crippen molar-refractivity contribution in [3.8, 4) is 17.2 Å². The van der Waals surface area contributed by atoms with Crippen LogP contribution < -0.4 is 10.1 Å². The minimum Gasteiger partial charge on any atom is -0.476 e. The molecule has 26 heavy (non-hydrogen) atoms. The summed E-state index contributed by atoms with van der Waals surface area (Å²) in [5.41, 5.74) is 1.89. The van der Waals surface area contributed by atoms with Crippen molar-refractivity contribution in [2.75, 3.05) is 13.2 Å². The summed E-state index contributed by atoms with van der Waals surface area (Å²) in [4.78, 5) is 4.10. The van der Waals surface area contributed by atoms with E-state index in [1.54, 1.807) is 13.1 Å². The van der Waals surface area contributed by atoms with Gasteiger partial charge in [0.25, 0.3) is 0 Å². The van der Waals surface area contributed by atoms with Crippen LogP contribution >= 0.6 is 12.4 Å². The lowest BCUT2D eigenvalue weighted by Crippen LogP contribution is -2.20. The van der Waals surface area contributed by atoms with Gasteiger partial charge in [0.2, 0.25) is 5.88 Å². The van der Waals surface area contributed by atoms with Crippen LogP contribution in [0.15, 0.2) is 65.2 Å². The van der Waals surface area contributed by atoms with E-state index in [1.807, 2.05) is 54.6 Å². The smallest absolute Gasteiger partial charge is 0.213 e. The molecule has 0 saturated carbocycles. The molecule has 0 bridgehead atoms. The molecule has 0 spiro atoms. The standard InChI is InChI=1S/C20H22N2O3.ClH/c1-15(23)16-5-7-17(8-6-16)19-10-9-18(25-19)14-21-12-13-24-20-4-2-3-11-22-20;/h2-11,15,21,23H,12-14H2,1H3;1H. The van der Waals surface area contributed by atoms with E-state index in [-0.39, 0.29) is 12.4 Å². The monoisotopic (exact) mass is 374 g/mol. The molecule has 1 aromatic carbocycles. The van der Waals surface area contributed by atoms with Gasteiger partial charge >= 0.3 is 0 Å². The highest BCUT2D eigenvalue weighted by Gasteiger charge is 2.06. The lowest BCUT2D eigenvalue weighted by Gasteiger charge is -2.06. The van der Waals surface area contributed by atoms with Crippen molar-refractivity contribution in [3.63, 3.8) is 0 Å². The number of rotatable bonds is 8. The SMILES string of the molecule is CC(O)c1ccc(-c2ccc(CNCCOc3ccccn3)o2)cc1.Cl. The first-order chi connectivity index (χ1) is 12.2. The number of nitrogens with one attached hydrogen (secondary N) is 1. The molecule has 0 aliphatic heterocycles. The molecule has 1 atom stereocenters. The third-order valence-electron chi connectivity index (χ3n) is 3.81. The topological polar surface area (TPSA) is 67.5 Å². The van der Waals surface area contributed by atoms with E-state index in [2.05, 4.69) is 10.3 Å². The van der Waals surface area contributed by atoms with Gasteiger partial charge in [-0.15, -0.1) is 12.4 Å². The van der Waals surface area contributed by atoms with Gasteiger partial charge in [-0.3, -0.25) is 0 Å². The largest absolute Gasteiger partial charge is 0.476 e. The van der Waals surface area contributed by atoms with Crippen molar-refractivity contribution in [1.82, 2.24) is 10.3 Å². The van der Waals surface area contributed by atoms with E-state index < -0.39 is 6.10 Å². The fourth-order valence-corrected chi connectivity index (χ4v) is 2.43. The van der Waals surface area contributed by atoms with Crippen LogP contribution in [0.1, 0.15) is 24.4 Å². The first kappa shape index (κ1) is 20.0. The maximum absolute atomic E-state index is 9.56. The number of benzene rings is 1. The van der Waals surface area contributed by atoms with Gasteiger partial charge < -0.3 is 19.6 Å². The molecule has 5 nitrogen and oxygen atoms in total. The summed E-state index contributed by atoms with van der Waals surface area (Å²) in [6.45, 7) is 3.64. The summed E-state index contributed by atoms with van der Waals surface area (Å²) in [5.74, 6) is 2.32. The fraction of sp³-hybridized carbons (Fsp3) is 0.250. The molecule has 0 aliphatic rings. The van der Waals surface area contributed by atoms with E-state index in [0.717, 1.165) is 22.6 Å². The Morgan fingerprint density at radius 3 is 2.62 bits per heavy atom.